The van der Waals surface area contributed by atoms with Crippen molar-refractivity contribution in [2.75, 3.05) is 5.73 Å². The maximum absolute atomic E-state index is 11.6. The molecule has 3 N–H and O–H groups in total. The Kier molecular flexibility index (Phi) is 4.92. The molecular formula is C17H30N4O2. The molecule has 1 heterocycles. The molecule has 1 saturated carbocycles. The molecule has 3 atom stereocenters. The lowest BCUT2D eigenvalue weighted by Gasteiger charge is -2.31. The van der Waals surface area contributed by atoms with Gasteiger partial charge in [0.15, 0.2) is 0 Å². The van der Waals surface area contributed by atoms with Gasteiger partial charge >= 0.3 is 6.09 Å². The van der Waals surface area contributed by atoms with Crippen LogP contribution in [0.5, 0.6) is 0 Å². The molecule has 1 amide bonds. The van der Waals surface area contributed by atoms with Gasteiger partial charge in [-0.1, -0.05) is 6.92 Å². The molecule has 2 rings (SSSR count). The number of nitrogens with zero attached hydrogens (tertiary/aromatic N) is 3. The molecule has 0 saturated heterocycles. The Balaban J connectivity index is 2.15. The van der Waals surface area contributed by atoms with E-state index in [1.54, 1.807) is 4.90 Å². The van der Waals surface area contributed by atoms with Crippen LogP contribution in [0.15, 0.2) is 6.07 Å². The zero-order valence-electron chi connectivity index (χ0n) is 14.9. The van der Waals surface area contributed by atoms with Crippen LogP contribution in [-0.4, -0.2) is 38.0 Å². The van der Waals surface area contributed by atoms with Gasteiger partial charge in [0.05, 0.1) is 11.2 Å². The fraction of sp³-hybridized carbons (Fsp3) is 0.765. The molecule has 0 spiro atoms. The molecule has 1 aliphatic rings. The topological polar surface area (TPSA) is 84.4 Å². The highest BCUT2D eigenvalue weighted by Crippen LogP contribution is 2.38. The van der Waals surface area contributed by atoms with Gasteiger partial charge in [-0.3, -0.25) is 0 Å². The lowest BCUT2D eigenvalue weighted by Crippen LogP contribution is -2.44. The van der Waals surface area contributed by atoms with Crippen molar-refractivity contribution in [1.82, 2.24) is 14.7 Å². The lowest BCUT2D eigenvalue weighted by atomic mass is 10.0. The Bertz CT molecular complexity index is 561. The van der Waals surface area contributed by atoms with E-state index in [0.29, 0.717) is 5.82 Å². The predicted molar refractivity (Wildman–Crippen MR) is 91.6 cm³/mol. The molecule has 6 heteroatoms. The summed E-state index contributed by atoms with van der Waals surface area (Å²) in [6, 6.07) is 2.08. The van der Waals surface area contributed by atoms with Gasteiger partial charge in [-0.15, -0.1) is 0 Å². The zero-order valence-corrected chi connectivity index (χ0v) is 14.9. The standard InChI is InChI=1S/C17H30N4O2/c1-6-11(2)20(16(22)23)13-8-7-12(9-13)14-10-15(18)21(19-14)17(3,4)5/h10-13H,6-9,18H2,1-5H3,(H,22,23)/t11-,12-,13+/m0/s1. The van der Waals surface area contributed by atoms with Crippen LogP contribution in [0.4, 0.5) is 10.6 Å². The molecule has 0 bridgehead atoms. The van der Waals surface area contributed by atoms with Crippen molar-refractivity contribution in [3.05, 3.63) is 11.8 Å². The molecule has 0 radical (unpaired) electrons. The molecule has 1 aromatic heterocycles. The minimum absolute atomic E-state index is 0.0495. The van der Waals surface area contributed by atoms with E-state index in [2.05, 4.69) is 20.8 Å². The highest BCUT2D eigenvalue weighted by atomic mass is 16.4. The van der Waals surface area contributed by atoms with Gasteiger partial charge in [-0.2, -0.15) is 5.10 Å². The number of anilines is 1. The Hall–Kier alpha value is -1.72. The van der Waals surface area contributed by atoms with E-state index < -0.39 is 6.09 Å². The number of nitrogens with two attached hydrogens (primary N) is 1. The van der Waals surface area contributed by atoms with Crippen LogP contribution in [0.1, 0.15) is 71.9 Å². The summed E-state index contributed by atoms with van der Waals surface area (Å²) in [5.74, 6) is 0.963. The zero-order chi connectivity index (χ0) is 17.4. The predicted octanol–water partition coefficient (Wildman–Crippen LogP) is 3.63. The fourth-order valence-corrected chi connectivity index (χ4v) is 3.53. The number of aromatic nitrogens is 2. The smallest absolute Gasteiger partial charge is 0.407 e. The van der Waals surface area contributed by atoms with Crippen LogP contribution in [0.3, 0.4) is 0 Å². The molecule has 130 valence electrons. The summed E-state index contributed by atoms with van der Waals surface area (Å²) in [5, 5.41) is 14.2. The molecule has 1 aliphatic carbocycles. The summed E-state index contributed by atoms with van der Waals surface area (Å²) < 4.78 is 1.86. The van der Waals surface area contributed by atoms with Gasteiger partial charge in [0, 0.05) is 24.1 Å². The maximum atomic E-state index is 11.6. The molecule has 0 aliphatic heterocycles. The monoisotopic (exact) mass is 322 g/mol. The lowest BCUT2D eigenvalue weighted by molar-refractivity contribution is 0.102. The van der Waals surface area contributed by atoms with E-state index in [9.17, 15) is 9.90 Å². The van der Waals surface area contributed by atoms with Crippen LogP contribution in [0.2, 0.25) is 0 Å². The third-order valence-corrected chi connectivity index (χ3v) is 4.89. The van der Waals surface area contributed by atoms with Crippen LogP contribution in [0, 0.1) is 0 Å². The maximum Gasteiger partial charge on any atom is 0.407 e. The first-order valence-corrected chi connectivity index (χ1v) is 8.52. The molecular weight excluding hydrogens is 292 g/mol. The van der Waals surface area contributed by atoms with Crippen LogP contribution >= 0.6 is 0 Å². The second kappa shape index (κ2) is 6.42. The Morgan fingerprint density at radius 2 is 2.17 bits per heavy atom. The first-order valence-electron chi connectivity index (χ1n) is 8.52. The van der Waals surface area contributed by atoms with Gasteiger partial charge in [0.25, 0.3) is 0 Å². The number of hydrogen-bond acceptors (Lipinski definition) is 3. The van der Waals surface area contributed by atoms with Crippen LogP contribution in [0.25, 0.3) is 0 Å². The van der Waals surface area contributed by atoms with Gasteiger partial charge in [-0.05, 0) is 53.4 Å². The molecule has 6 nitrogen and oxygen atoms in total. The fourth-order valence-electron chi connectivity index (χ4n) is 3.53. The summed E-state index contributed by atoms with van der Waals surface area (Å²) >= 11 is 0. The van der Waals surface area contributed by atoms with Gasteiger partial charge in [0.2, 0.25) is 0 Å². The van der Waals surface area contributed by atoms with Gasteiger partial charge in [0.1, 0.15) is 5.82 Å². The second-order valence-electron chi connectivity index (χ2n) is 7.69. The first kappa shape index (κ1) is 17.6. The van der Waals surface area contributed by atoms with Crippen molar-refractivity contribution in [2.24, 2.45) is 0 Å². The summed E-state index contributed by atoms with van der Waals surface area (Å²) in [5.41, 5.74) is 6.95. The number of nitrogen functional groups attached to an aromatic ring is 1. The van der Waals surface area contributed by atoms with E-state index in [1.807, 2.05) is 24.6 Å². The van der Waals surface area contributed by atoms with Crippen molar-refractivity contribution in [1.29, 1.82) is 0 Å². The SMILES string of the molecule is CC[C@H](C)N(C(=O)O)[C@@H]1CC[C@H](c2cc(N)n(C(C)(C)C)n2)C1. The van der Waals surface area contributed by atoms with Crippen molar-refractivity contribution < 1.29 is 9.90 Å². The van der Waals surface area contributed by atoms with Crippen molar-refractivity contribution in [2.45, 2.75) is 83.8 Å². The average molecular weight is 322 g/mol. The van der Waals surface area contributed by atoms with Crippen molar-refractivity contribution in [3.63, 3.8) is 0 Å². The third kappa shape index (κ3) is 3.62. The van der Waals surface area contributed by atoms with Crippen molar-refractivity contribution in [3.8, 4) is 0 Å². The number of amides is 1. The Morgan fingerprint density at radius 3 is 2.65 bits per heavy atom. The molecule has 1 fully saturated rings. The molecule has 0 unspecified atom stereocenters. The summed E-state index contributed by atoms with van der Waals surface area (Å²) in [4.78, 5) is 13.2. The molecule has 0 aromatic carbocycles. The Morgan fingerprint density at radius 1 is 1.52 bits per heavy atom. The normalized spacial score (nSPS) is 23.0. The van der Waals surface area contributed by atoms with E-state index in [0.717, 1.165) is 31.4 Å². The quantitative estimate of drug-likeness (QED) is 0.886. The highest BCUT2D eigenvalue weighted by Gasteiger charge is 2.36. The van der Waals surface area contributed by atoms with Gasteiger partial charge in [-0.25, -0.2) is 9.48 Å². The third-order valence-electron chi connectivity index (χ3n) is 4.89. The van der Waals surface area contributed by atoms with Crippen LogP contribution in [-0.2, 0) is 5.54 Å². The second-order valence-corrected chi connectivity index (χ2v) is 7.69. The summed E-state index contributed by atoms with van der Waals surface area (Å²) in [6.45, 7) is 10.2. The van der Waals surface area contributed by atoms with Crippen LogP contribution < -0.4 is 5.73 Å². The highest BCUT2D eigenvalue weighted by molar-refractivity contribution is 5.66. The van der Waals surface area contributed by atoms with E-state index in [1.165, 1.54) is 0 Å². The summed E-state index contributed by atoms with van der Waals surface area (Å²) in [6.07, 6.45) is 2.70. The number of rotatable bonds is 4. The summed E-state index contributed by atoms with van der Waals surface area (Å²) in [7, 11) is 0. The minimum atomic E-state index is -0.815. The van der Waals surface area contributed by atoms with Crippen molar-refractivity contribution >= 4 is 11.9 Å². The van der Waals surface area contributed by atoms with E-state index in [-0.39, 0.29) is 23.5 Å². The first-order chi connectivity index (χ1) is 10.6. The van der Waals surface area contributed by atoms with E-state index >= 15 is 0 Å². The number of carboxylic acid groups (broad SMARTS) is 1. The van der Waals surface area contributed by atoms with Gasteiger partial charge < -0.3 is 15.7 Å². The molecule has 1 aromatic rings. The number of hydrogen-bond donors (Lipinski definition) is 2. The molecule has 23 heavy (non-hydrogen) atoms. The largest absolute Gasteiger partial charge is 0.465 e. The Labute approximate surface area is 138 Å². The minimum Gasteiger partial charge on any atom is -0.465 e. The number of carbonyl (C=O) groups is 1. The average Bonchev–Trinajstić information content (AvgIpc) is 3.04. The van der Waals surface area contributed by atoms with E-state index in [4.69, 9.17) is 10.8 Å².